The van der Waals surface area contributed by atoms with Crippen LogP contribution in [-0.4, -0.2) is 41.6 Å². The molecule has 138 valence electrons. The van der Waals surface area contributed by atoms with Gasteiger partial charge < -0.3 is 20.6 Å². The van der Waals surface area contributed by atoms with Gasteiger partial charge in [-0.25, -0.2) is 4.79 Å². The molecule has 2 atom stereocenters. The fraction of sp³-hybridized carbons (Fsp3) is 0.368. The Hall–Kier alpha value is -2.38. The number of benzene rings is 1. The summed E-state index contributed by atoms with van der Waals surface area (Å²) in [6.07, 6.45) is 0.747. The average molecular weight is 373 g/mol. The maximum absolute atomic E-state index is 12.3. The van der Waals surface area contributed by atoms with Gasteiger partial charge in [-0.2, -0.15) is 0 Å². The summed E-state index contributed by atoms with van der Waals surface area (Å²) in [6, 6.07) is 13.0. The summed E-state index contributed by atoms with van der Waals surface area (Å²) in [6.45, 7) is 2.30. The number of aliphatic hydroxyl groups is 1. The maximum Gasteiger partial charge on any atom is 0.318 e. The van der Waals surface area contributed by atoms with Gasteiger partial charge in [0.15, 0.2) is 0 Å². The molecule has 0 radical (unpaired) electrons. The number of nitrogens with one attached hydrogen (secondary N) is 2. The van der Waals surface area contributed by atoms with Crippen LogP contribution in [-0.2, 0) is 4.79 Å². The highest BCUT2D eigenvalue weighted by molar-refractivity contribution is 7.12. The van der Waals surface area contributed by atoms with E-state index in [0.717, 1.165) is 21.7 Å². The predicted molar refractivity (Wildman–Crippen MR) is 101 cm³/mol. The Morgan fingerprint density at radius 1 is 1.35 bits per heavy atom. The molecule has 6 nitrogen and oxygen atoms in total. The van der Waals surface area contributed by atoms with Crippen LogP contribution < -0.4 is 10.6 Å². The van der Waals surface area contributed by atoms with E-state index in [4.69, 9.17) is 0 Å². The molecule has 0 bridgehead atoms. The molecule has 26 heavy (non-hydrogen) atoms. The molecule has 3 rings (SSSR count). The molecule has 1 aromatic heterocycles. The summed E-state index contributed by atoms with van der Waals surface area (Å²) >= 11 is 1.54. The van der Waals surface area contributed by atoms with E-state index in [1.807, 2.05) is 49.4 Å². The van der Waals surface area contributed by atoms with E-state index in [1.165, 1.54) is 16.2 Å². The first kappa shape index (κ1) is 18.4. The highest BCUT2D eigenvalue weighted by Gasteiger charge is 2.27. The van der Waals surface area contributed by atoms with Crippen LogP contribution in [0.3, 0.4) is 0 Å². The van der Waals surface area contributed by atoms with Gasteiger partial charge in [-0.15, -0.1) is 11.3 Å². The Bertz CT molecular complexity index is 762. The monoisotopic (exact) mass is 373 g/mol. The Balaban J connectivity index is 1.54. The number of urea groups is 1. The lowest BCUT2D eigenvalue weighted by molar-refractivity contribution is -0.122. The van der Waals surface area contributed by atoms with Crippen LogP contribution in [0.1, 0.15) is 33.8 Å². The third-order valence-corrected chi connectivity index (χ3v) is 5.55. The summed E-state index contributed by atoms with van der Waals surface area (Å²) < 4.78 is 0. The van der Waals surface area contributed by atoms with Crippen molar-refractivity contribution in [1.82, 2.24) is 15.5 Å². The summed E-state index contributed by atoms with van der Waals surface area (Å²) in [5.74, 6) is -0.275. The van der Waals surface area contributed by atoms with Gasteiger partial charge in [-0.3, -0.25) is 4.79 Å². The van der Waals surface area contributed by atoms with Crippen LogP contribution in [0.5, 0.6) is 0 Å². The molecule has 0 saturated carbocycles. The molecule has 0 spiro atoms. The van der Waals surface area contributed by atoms with Crippen molar-refractivity contribution >= 4 is 23.3 Å². The smallest absolute Gasteiger partial charge is 0.318 e. The molecule has 2 unspecified atom stereocenters. The van der Waals surface area contributed by atoms with E-state index >= 15 is 0 Å². The first-order chi connectivity index (χ1) is 12.6. The zero-order valence-corrected chi connectivity index (χ0v) is 15.5. The van der Waals surface area contributed by atoms with Crippen molar-refractivity contribution in [3.05, 3.63) is 57.8 Å². The first-order valence-corrected chi connectivity index (χ1v) is 9.45. The van der Waals surface area contributed by atoms with E-state index in [-0.39, 0.29) is 31.1 Å². The summed E-state index contributed by atoms with van der Waals surface area (Å²) in [5.41, 5.74) is 1.07. The normalized spacial score (nSPS) is 18.3. The van der Waals surface area contributed by atoms with Gasteiger partial charge in [0.2, 0.25) is 5.91 Å². The number of hydrogen-bond acceptors (Lipinski definition) is 4. The third-order valence-electron chi connectivity index (χ3n) is 4.43. The highest BCUT2D eigenvalue weighted by Crippen LogP contribution is 2.23. The SMILES string of the molecule is Cc1ccc(C(CO)NC(=O)CN2CCC(c3ccccc3)NC2=O)s1. The number of carbonyl (C=O) groups is 2. The van der Waals surface area contributed by atoms with Gasteiger partial charge in [-0.05, 0) is 31.0 Å². The molecule has 7 heteroatoms. The first-order valence-electron chi connectivity index (χ1n) is 8.63. The highest BCUT2D eigenvalue weighted by atomic mass is 32.1. The Kier molecular flexibility index (Phi) is 5.90. The van der Waals surface area contributed by atoms with Crippen molar-refractivity contribution in [3.8, 4) is 0 Å². The minimum Gasteiger partial charge on any atom is -0.394 e. The van der Waals surface area contributed by atoms with Gasteiger partial charge in [0.05, 0.1) is 18.7 Å². The second-order valence-electron chi connectivity index (χ2n) is 6.37. The van der Waals surface area contributed by atoms with Crippen molar-refractivity contribution in [2.45, 2.75) is 25.4 Å². The van der Waals surface area contributed by atoms with Gasteiger partial charge >= 0.3 is 6.03 Å². The molecule has 1 aliphatic heterocycles. The second kappa shape index (κ2) is 8.33. The zero-order chi connectivity index (χ0) is 18.5. The molecular weight excluding hydrogens is 350 g/mol. The fourth-order valence-electron chi connectivity index (χ4n) is 3.05. The maximum atomic E-state index is 12.3. The lowest BCUT2D eigenvalue weighted by atomic mass is 10.0. The molecule has 2 aromatic rings. The lowest BCUT2D eigenvalue weighted by Gasteiger charge is -2.33. The minimum absolute atomic E-state index is 0.0196. The number of amides is 3. The van der Waals surface area contributed by atoms with E-state index in [1.54, 1.807) is 0 Å². The van der Waals surface area contributed by atoms with Crippen LogP contribution in [0, 0.1) is 6.92 Å². The molecule has 3 amide bonds. The number of rotatable bonds is 6. The molecule has 1 saturated heterocycles. The standard InChI is InChI=1S/C19H23N3O3S/c1-13-7-8-17(26-13)16(12-23)20-18(24)11-22-10-9-15(21-19(22)25)14-5-3-2-4-6-14/h2-8,15-16,23H,9-12H2,1H3,(H,20,24)(H,21,25). The van der Waals surface area contributed by atoms with E-state index in [2.05, 4.69) is 10.6 Å². The number of carbonyl (C=O) groups excluding carboxylic acids is 2. The van der Waals surface area contributed by atoms with Gasteiger partial charge in [0.1, 0.15) is 6.54 Å². The number of thiophene rings is 1. The zero-order valence-electron chi connectivity index (χ0n) is 14.6. The van der Waals surface area contributed by atoms with E-state index in [9.17, 15) is 14.7 Å². The van der Waals surface area contributed by atoms with Crippen molar-refractivity contribution in [1.29, 1.82) is 0 Å². The number of aryl methyl sites for hydroxylation is 1. The second-order valence-corrected chi connectivity index (χ2v) is 7.69. The van der Waals surface area contributed by atoms with Gasteiger partial charge in [-0.1, -0.05) is 30.3 Å². The number of hydrogen-bond donors (Lipinski definition) is 3. The third kappa shape index (κ3) is 4.42. The van der Waals surface area contributed by atoms with Gasteiger partial charge in [0.25, 0.3) is 0 Å². The predicted octanol–water partition coefficient (Wildman–Crippen LogP) is 2.36. The van der Waals surface area contributed by atoms with Crippen molar-refractivity contribution in [2.75, 3.05) is 19.7 Å². The van der Waals surface area contributed by atoms with Crippen molar-refractivity contribution in [2.24, 2.45) is 0 Å². The fourth-order valence-corrected chi connectivity index (χ4v) is 3.97. The number of nitrogens with zero attached hydrogens (tertiary/aromatic N) is 1. The topological polar surface area (TPSA) is 81.7 Å². The molecule has 3 N–H and O–H groups in total. The Morgan fingerprint density at radius 2 is 2.12 bits per heavy atom. The van der Waals surface area contributed by atoms with E-state index in [0.29, 0.717) is 6.54 Å². The van der Waals surface area contributed by atoms with Crippen LogP contribution in [0.15, 0.2) is 42.5 Å². The molecule has 1 aromatic carbocycles. The molecular formula is C19H23N3O3S. The largest absolute Gasteiger partial charge is 0.394 e. The molecule has 0 aliphatic carbocycles. The average Bonchev–Trinajstić information content (AvgIpc) is 3.08. The Labute approximate surface area is 156 Å². The van der Waals surface area contributed by atoms with E-state index < -0.39 is 6.04 Å². The number of aliphatic hydroxyl groups excluding tert-OH is 1. The lowest BCUT2D eigenvalue weighted by Crippen LogP contribution is -2.51. The quantitative estimate of drug-likeness (QED) is 0.727. The Morgan fingerprint density at radius 3 is 2.73 bits per heavy atom. The van der Waals surface area contributed by atoms with Crippen LogP contribution in [0.2, 0.25) is 0 Å². The molecule has 1 fully saturated rings. The van der Waals surface area contributed by atoms with Crippen LogP contribution in [0.25, 0.3) is 0 Å². The van der Waals surface area contributed by atoms with Gasteiger partial charge in [0, 0.05) is 16.3 Å². The summed E-state index contributed by atoms with van der Waals surface area (Å²) in [7, 11) is 0. The molecule has 2 heterocycles. The molecule has 1 aliphatic rings. The van der Waals surface area contributed by atoms with Crippen molar-refractivity contribution in [3.63, 3.8) is 0 Å². The van der Waals surface area contributed by atoms with Crippen LogP contribution >= 0.6 is 11.3 Å². The summed E-state index contributed by atoms with van der Waals surface area (Å²) in [4.78, 5) is 28.2. The van der Waals surface area contributed by atoms with Crippen LogP contribution in [0.4, 0.5) is 4.79 Å². The minimum atomic E-state index is -0.439. The van der Waals surface area contributed by atoms with Crippen molar-refractivity contribution < 1.29 is 14.7 Å². The summed E-state index contributed by atoms with van der Waals surface area (Å²) in [5, 5.41) is 15.3.